The van der Waals surface area contributed by atoms with Crippen LogP contribution in [0.4, 0.5) is 0 Å². The van der Waals surface area contributed by atoms with Crippen LogP contribution in [0.25, 0.3) is 5.69 Å². The number of amides is 2. The fourth-order valence-electron chi connectivity index (χ4n) is 3.39. The van der Waals surface area contributed by atoms with E-state index in [0.717, 1.165) is 35.5 Å². The lowest BCUT2D eigenvalue weighted by molar-refractivity contribution is -0.139. The molecule has 0 unspecified atom stereocenters. The van der Waals surface area contributed by atoms with E-state index in [9.17, 15) is 9.59 Å². The highest BCUT2D eigenvalue weighted by Crippen LogP contribution is 2.20. The van der Waals surface area contributed by atoms with Crippen molar-refractivity contribution in [2.45, 2.75) is 39.7 Å². The molecule has 0 bridgehead atoms. The summed E-state index contributed by atoms with van der Waals surface area (Å²) in [5, 5.41) is 6.51. The first-order chi connectivity index (χ1) is 13.5. The van der Waals surface area contributed by atoms with E-state index in [1.807, 2.05) is 32.0 Å². The predicted octanol–water partition coefficient (Wildman–Crippen LogP) is 2.15. The molecule has 7 nitrogen and oxygen atoms in total. The molecule has 1 saturated heterocycles. The molecule has 0 aliphatic carbocycles. The van der Waals surface area contributed by atoms with Gasteiger partial charge in [-0.1, -0.05) is 12.1 Å². The Bertz CT molecular complexity index is 895. The summed E-state index contributed by atoms with van der Waals surface area (Å²) in [7, 11) is 0. The van der Waals surface area contributed by atoms with Crippen molar-refractivity contribution in [1.82, 2.24) is 15.3 Å². The van der Waals surface area contributed by atoms with Crippen LogP contribution in [0.3, 0.4) is 0 Å². The molecule has 1 aromatic heterocycles. The number of aryl methyl sites for hydroxylation is 2. The number of benzene rings is 1. The van der Waals surface area contributed by atoms with Crippen molar-refractivity contribution < 1.29 is 14.3 Å². The summed E-state index contributed by atoms with van der Waals surface area (Å²) < 4.78 is 7.54. The van der Waals surface area contributed by atoms with Gasteiger partial charge in [-0.2, -0.15) is 5.10 Å². The Kier molecular flexibility index (Phi) is 6.26. The van der Waals surface area contributed by atoms with Crippen LogP contribution in [0.15, 0.2) is 35.4 Å². The molecule has 2 heterocycles. The third kappa shape index (κ3) is 4.67. The molecule has 1 aliphatic rings. The molecular weight excluding hydrogens is 356 g/mol. The maximum atomic E-state index is 11.9. The number of nitrogens with one attached hydrogen (secondary N) is 2. The predicted molar refractivity (Wildman–Crippen MR) is 108 cm³/mol. The van der Waals surface area contributed by atoms with Gasteiger partial charge in [-0.15, -0.1) is 0 Å². The Morgan fingerprint density at radius 2 is 2.07 bits per heavy atom. The third-order valence-electron chi connectivity index (χ3n) is 4.82. The number of carbonyl (C=O) groups is 2. The minimum atomic E-state index is -0.790. The summed E-state index contributed by atoms with van der Waals surface area (Å²) in [6, 6.07) is 10.2. The molecule has 2 aromatic rings. The Labute approximate surface area is 164 Å². The first-order valence-corrected chi connectivity index (χ1v) is 9.44. The van der Waals surface area contributed by atoms with Crippen molar-refractivity contribution in [3.63, 3.8) is 0 Å². The summed E-state index contributed by atoms with van der Waals surface area (Å²) in [5.41, 5.74) is 7.48. The van der Waals surface area contributed by atoms with Gasteiger partial charge in [0.05, 0.1) is 12.3 Å². The second-order valence-corrected chi connectivity index (χ2v) is 7.05. The number of hydrogen-bond acceptors (Lipinski definition) is 4. The van der Waals surface area contributed by atoms with Crippen molar-refractivity contribution in [2.24, 2.45) is 5.10 Å². The molecule has 0 saturated carbocycles. The zero-order valence-corrected chi connectivity index (χ0v) is 16.5. The van der Waals surface area contributed by atoms with Gasteiger partial charge in [0.2, 0.25) is 0 Å². The highest BCUT2D eigenvalue weighted by Gasteiger charge is 2.19. The molecule has 2 amide bonds. The second kappa shape index (κ2) is 8.84. The van der Waals surface area contributed by atoms with E-state index < -0.39 is 11.8 Å². The van der Waals surface area contributed by atoms with E-state index in [1.165, 1.54) is 5.56 Å². The minimum Gasteiger partial charge on any atom is -0.376 e. The fourth-order valence-corrected chi connectivity index (χ4v) is 3.39. The van der Waals surface area contributed by atoms with E-state index >= 15 is 0 Å². The Hall–Kier alpha value is -2.93. The number of nitrogens with zero attached hydrogens (tertiary/aromatic N) is 2. The van der Waals surface area contributed by atoms with Crippen molar-refractivity contribution >= 4 is 18.0 Å². The van der Waals surface area contributed by atoms with E-state index in [0.29, 0.717) is 13.2 Å². The third-order valence-corrected chi connectivity index (χ3v) is 4.82. The van der Waals surface area contributed by atoms with Crippen LogP contribution in [-0.4, -0.2) is 41.9 Å². The number of aromatic nitrogens is 1. The molecule has 1 aliphatic heterocycles. The van der Waals surface area contributed by atoms with Crippen LogP contribution in [0.5, 0.6) is 0 Å². The molecule has 0 radical (unpaired) electrons. The van der Waals surface area contributed by atoms with Crippen molar-refractivity contribution in [3.05, 3.63) is 52.8 Å². The van der Waals surface area contributed by atoms with Crippen LogP contribution in [0.2, 0.25) is 0 Å². The number of carbonyl (C=O) groups excluding carboxylic acids is 2. The van der Waals surface area contributed by atoms with Gasteiger partial charge < -0.3 is 14.6 Å². The first-order valence-electron chi connectivity index (χ1n) is 9.44. The number of hydrogen-bond donors (Lipinski definition) is 2. The number of rotatable bonds is 5. The Morgan fingerprint density at radius 3 is 2.79 bits per heavy atom. The van der Waals surface area contributed by atoms with Gasteiger partial charge in [-0.3, -0.25) is 9.59 Å². The second-order valence-electron chi connectivity index (χ2n) is 7.05. The molecule has 28 heavy (non-hydrogen) atoms. The van der Waals surface area contributed by atoms with Gasteiger partial charge in [0.25, 0.3) is 0 Å². The molecule has 148 valence electrons. The fraction of sp³-hybridized carbons (Fsp3) is 0.381. The lowest BCUT2D eigenvalue weighted by Gasteiger charge is -2.10. The molecule has 0 spiro atoms. The average Bonchev–Trinajstić information content (AvgIpc) is 3.27. The summed E-state index contributed by atoms with van der Waals surface area (Å²) in [6.07, 6.45) is 3.43. The molecule has 3 rings (SSSR count). The number of hydrazone groups is 1. The van der Waals surface area contributed by atoms with Crippen molar-refractivity contribution in [2.75, 3.05) is 13.2 Å². The van der Waals surface area contributed by atoms with E-state index in [4.69, 9.17) is 4.74 Å². The van der Waals surface area contributed by atoms with Crippen LogP contribution in [-0.2, 0) is 14.3 Å². The van der Waals surface area contributed by atoms with E-state index in [1.54, 1.807) is 6.21 Å². The quantitative estimate of drug-likeness (QED) is 0.472. The van der Waals surface area contributed by atoms with Crippen LogP contribution >= 0.6 is 0 Å². The molecule has 1 atom stereocenters. The van der Waals surface area contributed by atoms with Crippen LogP contribution in [0.1, 0.15) is 35.4 Å². The summed E-state index contributed by atoms with van der Waals surface area (Å²) >= 11 is 0. The van der Waals surface area contributed by atoms with Gasteiger partial charge in [0.15, 0.2) is 0 Å². The van der Waals surface area contributed by atoms with Gasteiger partial charge >= 0.3 is 11.8 Å². The molecule has 1 aromatic carbocycles. The maximum absolute atomic E-state index is 11.9. The summed E-state index contributed by atoms with van der Waals surface area (Å²) in [5.74, 6) is -1.50. The summed E-state index contributed by atoms with van der Waals surface area (Å²) in [6.45, 7) is 7.11. The zero-order chi connectivity index (χ0) is 20.1. The van der Waals surface area contributed by atoms with Crippen LogP contribution < -0.4 is 10.7 Å². The maximum Gasteiger partial charge on any atom is 0.329 e. The first kappa shape index (κ1) is 19.8. The standard InChI is InChI=1S/C21H26N4O3/c1-14-6-4-7-18(10-14)25-15(2)11-17(16(25)3)12-23-24-21(27)20(26)22-13-19-8-5-9-28-19/h4,6-7,10-12,19H,5,8-9,13H2,1-3H3,(H,22,26)(H,24,27)/b23-12-/t19-/m0/s1. The molecule has 1 fully saturated rings. The number of ether oxygens (including phenoxy) is 1. The molecule has 7 heteroatoms. The van der Waals surface area contributed by atoms with Gasteiger partial charge in [0.1, 0.15) is 0 Å². The van der Waals surface area contributed by atoms with Gasteiger partial charge in [-0.05, 0) is 57.4 Å². The van der Waals surface area contributed by atoms with E-state index in [2.05, 4.69) is 39.5 Å². The smallest absolute Gasteiger partial charge is 0.329 e. The molecule has 2 N–H and O–H groups in total. The minimum absolute atomic E-state index is 0.00716. The summed E-state index contributed by atoms with van der Waals surface area (Å²) in [4.78, 5) is 23.7. The van der Waals surface area contributed by atoms with Crippen molar-refractivity contribution in [1.29, 1.82) is 0 Å². The molecular formula is C21H26N4O3. The Morgan fingerprint density at radius 1 is 1.25 bits per heavy atom. The normalized spacial score (nSPS) is 16.5. The average molecular weight is 382 g/mol. The monoisotopic (exact) mass is 382 g/mol. The lowest BCUT2D eigenvalue weighted by atomic mass is 10.2. The highest BCUT2D eigenvalue weighted by atomic mass is 16.5. The Balaban J connectivity index is 1.60. The van der Waals surface area contributed by atoms with Gasteiger partial charge in [-0.25, -0.2) is 5.43 Å². The van der Waals surface area contributed by atoms with Crippen molar-refractivity contribution in [3.8, 4) is 5.69 Å². The largest absolute Gasteiger partial charge is 0.376 e. The SMILES string of the molecule is Cc1cccc(-n2c(C)cc(/C=N\NC(=O)C(=O)NC[C@@H]3CCCO3)c2C)c1. The van der Waals surface area contributed by atoms with E-state index in [-0.39, 0.29) is 6.10 Å². The van der Waals surface area contributed by atoms with Gasteiger partial charge in [0, 0.05) is 35.8 Å². The lowest BCUT2D eigenvalue weighted by Crippen LogP contribution is -2.41. The zero-order valence-electron chi connectivity index (χ0n) is 16.5. The topological polar surface area (TPSA) is 84.7 Å². The highest BCUT2D eigenvalue weighted by molar-refractivity contribution is 6.35. The van der Waals surface area contributed by atoms with Crippen LogP contribution in [0, 0.1) is 20.8 Å².